The van der Waals surface area contributed by atoms with Crippen LogP contribution in [0.15, 0.2) is 24.4 Å². The molecule has 0 heterocycles. The molecule has 1 atom stereocenters. The van der Waals surface area contributed by atoms with E-state index in [4.69, 9.17) is 18.0 Å². The number of hydrogen-bond acceptors (Lipinski definition) is 5. The van der Waals surface area contributed by atoms with Crippen LogP contribution >= 0.6 is 0 Å². The van der Waals surface area contributed by atoms with Gasteiger partial charge < -0.3 is 18.0 Å². The quantitative estimate of drug-likeness (QED) is 0.0504. The van der Waals surface area contributed by atoms with Gasteiger partial charge in [0.1, 0.15) is 0 Å². The van der Waals surface area contributed by atoms with Crippen LogP contribution in [-0.4, -0.2) is 34.3 Å². The van der Waals surface area contributed by atoms with Crippen molar-refractivity contribution in [2.24, 2.45) is 0 Å². The molecular weight excluding hydrogens is 420 g/mol. The number of carbonyl (C=O) groups excluding carboxylic acids is 1. The predicted molar refractivity (Wildman–Crippen MR) is 135 cm³/mol. The molecule has 0 rings (SSSR count). The monoisotopic (exact) mass is 470 g/mol. The molecule has 0 aromatic rings. The number of esters is 1. The lowest BCUT2D eigenvalue weighted by molar-refractivity contribution is -0.166. The molecule has 1 unspecified atom stereocenters. The maximum Gasteiger partial charge on any atom is 0.531 e. The minimum atomic E-state index is -2.99. The number of hydrogen-bond donors (Lipinski definition) is 0. The zero-order valence-corrected chi connectivity index (χ0v) is 22.4. The van der Waals surface area contributed by atoms with Crippen molar-refractivity contribution in [2.75, 3.05) is 13.2 Å². The van der Waals surface area contributed by atoms with Crippen LogP contribution in [0.1, 0.15) is 118 Å². The first-order valence-electron chi connectivity index (χ1n) is 13.0. The molecule has 0 aliphatic carbocycles. The minimum Gasteiger partial charge on any atom is -0.437 e. The number of rotatable bonds is 23. The smallest absolute Gasteiger partial charge is 0.437 e. The molecule has 0 bridgehead atoms. The van der Waals surface area contributed by atoms with E-state index in [1.165, 1.54) is 64.2 Å². The van der Waals surface area contributed by atoms with Gasteiger partial charge in [-0.25, -0.2) is 0 Å². The maximum absolute atomic E-state index is 12.1. The third-order valence-corrected chi connectivity index (χ3v) is 7.75. The molecule has 32 heavy (non-hydrogen) atoms. The molecule has 0 saturated carbocycles. The second-order valence-electron chi connectivity index (χ2n) is 8.18. The Kier molecular flexibility index (Phi) is 21.2. The van der Waals surface area contributed by atoms with Crippen molar-refractivity contribution < 1.29 is 22.8 Å². The van der Waals surface area contributed by atoms with Crippen LogP contribution in [0.4, 0.5) is 0 Å². The fourth-order valence-electron chi connectivity index (χ4n) is 3.52. The van der Waals surface area contributed by atoms with E-state index in [0.717, 1.165) is 19.3 Å². The first-order chi connectivity index (χ1) is 15.5. The molecule has 0 aliphatic heterocycles. The average Bonchev–Trinajstić information content (AvgIpc) is 2.76. The summed E-state index contributed by atoms with van der Waals surface area (Å²) in [5, 5.41) is 0. The Bertz CT molecular complexity index is 475. The van der Waals surface area contributed by atoms with Gasteiger partial charge in [0.25, 0.3) is 0 Å². The first-order valence-corrected chi connectivity index (χ1v) is 14.8. The van der Waals surface area contributed by atoms with E-state index in [1.807, 2.05) is 13.8 Å². The van der Waals surface area contributed by atoms with E-state index in [2.05, 4.69) is 25.7 Å². The van der Waals surface area contributed by atoms with E-state index in [0.29, 0.717) is 19.6 Å². The number of unbranched alkanes of at least 4 members (excludes halogenated alkanes) is 11. The van der Waals surface area contributed by atoms with Crippen molar-refractivity contribution in [1.29, 1.82) is 0 Å². The van der Waals surface area contributed by atoms with Crippen molar-refractivity contribution in [3.8, 4) is 0 Å². The van der Waals surface area contributed by atoms with Crippen LogP contribution in [0.5, 0.6) is 0 Å². The van der Waals surface area contributed by atoms with Gasteiger partial charge >= 0.3 is 14.8 Å². The van der Waals surface area contributed by atoms with Crippen LogP contribution in [0.2, 0.25) is 0 Å². The molecule has 0 N–H and O–H groups in total. The summed E-state index contributed by atoms with van der Waals surface area (Å²) in [5.41, 5.74) is 1.58. The van der Waals surface area contributed by atoms with E-state index >= 15 is 0 Å². The molecule has 0 aromatic heterocycles. The van der Waals surface area contributed by atoms with Crippen LogP contribution in [0, 0.1) is 0 Å². The lowest BCUT2D eigenvalue weighted by Gasteiger charge is -2.28. The van der Waals surface area contributed by atoms with Crippen molar-refractivity contribution in [1.82, 2.24) is 0 Å². The van der Waals surface area contributed by atoms with Crippen molar-refractivity contribution >= 4 is 14.8 Å². The Morgan fingerprint density at radius 1 is 0.812 bits per heavy atom. The van der Waals surface area contributed by atoms with Gasteiger partial charge in [0.2, 0.25) is 0 Å². The third kappa shape index (κ3) is 17.6. The largest absolute Gasteiger partial charge is 0.531 e. The Labute approximate surface area is 199 Å². The second kappa shape index (κ2) is 21.9. The summed E-state index contributed by atoms with van der Waals surface area (Å²) in [4.78, 5) is 12.1. The van der Waals surface area contributed by atoms with Crippen LogP contribution in [0.3, 0.4) is 0 Å². The highest BCUT2D eigenvalue weighted by Crippen LogP contribution is 2.16. The zero-order chi connectivity index (χ0) is 23.9. The van der Waals surface area contributed by atoms with Crippen molar-refractivity contribution in [3.63, 3.8) is 0 Å². The van der Waals surface area contributed by atoms with E-state index in [1.54, 1.807) is 12.6 Å². The molecule has 0 saturated heterocycles. The molecular formula is C26H50O5Si. The van der Waals surface area contributed by atoms with Gasteiger partial charge in [-0.1, -0.05) is 77.0 Å². The molecule has 5 nitrogen and oxygen atoms in total. The molecule has 0 spiro atoms. The normalized spacial score (nSPS) is 12.9. The number of ether oxygens (including phenoxy) is 1. The summed E-state index contributed by atoms with van der Waals surface area (Å²) >= 11 is 0. The Morgan fingerprint density at radius 2 is 1.31 bits per heavy atom. The summed E-state index contributed by atoms with van der Waals surface area (Å²) in [7, 11) is -2.99. The van der Waals surface area contributed by atoms with Crippen LogP contribution in [-0.2, 0) is 22.8 Å². The fourth-order valence-corrected chi connectivity index (χ4v) is 5.38. The van der Waals surface area contributed by atoms with Crippen LogP contribution in [0.25, 0.3) is 0 Å². The fraction of sp³-hybridized carbons (Fsp3) is 0.808. The Morgan fingerprint density at radius 3 is 1.81 bits per heavy atom. The minimum absolute atomic E-state index is 0.241. The van der Waals surface area contributed by atoms with Gasteiger partial charge in [-0.05, 0) is 58.6 Å². The Balaban J connectivity index is 3.72. The van der Waals surface area contributed by atoms with E-state index < -0.39 is 15.1 Å². The lowest BCUT2D eigenvalue weighted by Crippen LogP contribution is -2.47. The van der Waals surface area contributed by atoms with Gasteiger partial charge in [0.15, 0.2) is 6.29 Å². The van der Waals surface area contributed by atoms with Gasteiger partial charge in [-0.15, -0.1) is 0 Å². The van der Waals surface area contributed by atoms with Crippen LogP contribution < -0.4 is 0 Å². The summed E-state index contributed by atoms with van der Waals surface area (Å²) in [5.74, 6) is -0.241. The topological polar surface area (TPSA) is 54.0 Å². The molecule has 0 radical (unpaired) electrons. The number of carbonyl (C=O) groups is 1. The third-order valence-electron chi connectivity index (χ3n) is 5.21. The van der Waals surface area contributed by atoms with Crippen molar-refractivity contribution in [3.05, 3.63) is 24.4 Å². The molecule has 0 aromatic carbocycles. The lowest BCUT2D eigenvalue weighted by atomic mass is 10.1. The highest BCUT2D eigenvalue weighted by molar-refractivity contribution is 6.66. The number of allylic oxidation sites excluding steroid dienone is 2. The first kappa shape index (κ1) is 31.0. The van der Waals surface area contributed by atoms with Gasteiger partial charge in [0, 0.05) is 19.6 Å². The summed E-state index contributed by atoms with van der Waals surface area (Å²) in [6.07, 6.45) is 20.5. The summed E-state index contributed by atoms with van der Waals surface area (Å²) in [6, 6.07) is 0. The highest BCUT2D eigenvalue weighted by Gasteiger charge is 2.40. The highest BCUT2D eigenvalue weighted by atomic mass is 28.4. The standard InChI is InChI=1S/C26H50O5Si/c1-6-10-11-12-13-14-15-16-17-18-19-20-21-22-23-24-26(27)30-25(5)31-32(9-4,28-7-2)29-8-3/h9,16-17,25H,4,6-8,10-15,18-24H2,1-3,5H3/b17-16-. The van der Waals surface area contributed by atoms with Gasteiger partial charge in [-0.2, -0.15) is 0 Å². The molecule has 188 valence electrons. The Hall–Kier alpha value is -0.953. The van der Waals surface area contributed by atoms with Crippen molar-refractivity contribution in [2.45, 2.75) is 124 Å². The molecule has 0 amide bonds. The summed E-state index contributed by atoms with van der Waals surface area (Å²) < 4.78 is 22.5. The predicted octanol–water partition coefficient (Wildman–Crippen LogP) is 7.67. The SMILES string of the molecule is C=C[Si](OCC)(OCC)OC(C)OC(=O)CCCCCCC/C=C\CCCCCCCC. The average molecular weight is 471 g/mol. The zero-order valence-electron chi connectivity index (χ0n) is 21.4. The molecule has 6 heteroatoms. The van der Waals surface area contributed by atoms with Gasteiger partial charge in [-0.3, -0.25) is 4.79 Å². The van der Waals surface area contributed by atoms with Gasteiger partial charge in [0.05, 0.1) is 0 Å². The van der Waals surface area contributed by atoms with E-state index in [-0.39, 0.29) is 5.97 Å². The van der Waals surface area contributed by atoms with E-state index in [9.17, 15) is 4.79 Å². The summed E-state index contributed by atoms with van der Waals surface area (Å²) in [6.45, 7) is 12.4. The maximum atomic E-state index is 12.1. The molecule has 0 fully saturated rings. The second-order valence-corrected chi connectivity index (χ2v) is 10.6. The molecule has 0 aliphatic rings.